The second-order valence-electron chi connectivity index (χ2n) is 3.03. The lowest BCUT2D eigenvalue weighted by Crippen LogP contribution is -1.98. The van der Waals surface area contributed by atoms with Crippen LogP contribution in [0.3, 0.4) is 0 Å². The number of aromatic amines is 1. The first-order chi connectivity index (χ1) is 6.36. The minimum Gasteiger partial charge on any atom is -0.361 e. The van der Waals surface area contributed by atoms with Gasteiger partial charge in [-0.1, -0.05) is 0 Å². The van der Waals surface area contributed by atoms with Crippen LogP contribution in [0, 0.1) is 0 Å². The summed E-state index contributed by atoms with van der Waals surface area (Å²) in [5, 5.41) is 1.96. The fourth-order valence-electron chi connectivity index (χ4n) is 1.66. The van der Waals surface area contributed by atoms with Crippen molar-refractivity contribution in [1.82, 2.24) is 9.97 Å². The molecule has 3 nitrogen and oxygen atoms in total. The molecule has 0 aliphatic rings. The van der Waals surface area contributed by atoms with Gasteiger partial charge in [0.25, 0.3) is 0 Å². The molecule has 0 atom stereocenters. The Morgan fingerprint density at radius 3 is 3.08 bits per heavy atom. The maximum atomic E-state index is 11.4. The first kappa shape index (κ1) is 6.60. The van der Waals surface area contributed by atoms with E-state index in [2.05, 4.69) is 9.97 Å². The summed E-state index contributed by atoms with van der Waals surface area (Å²) in [6.45, 7) is 0. The molecule has 0 unspecified atom stereocenters. The molecule has 13 heavy (non-hydrogen) atoms. The highest BCUT2D eigenvalue weighted by molar-refractivity contribution is 6.07. The molecule has 0 bridgehead atoms. The summed E-state index contributed by atoms with van der Waals surface area (Å²) in [6.07, 6.45) is 3.58. The van der Waals surface area contributed by atoms with Crippen molar-refractivity contribution in [2.75, 3.05) is 0 Å². The number of hydrogen-bond donors (Lipinski definition) is 1. The van der Waals surface area contributed by atoms with E-state index < -0.39 is 0 Å². The van der Waals surface area contributed by atoms with Gasteiger partial charge in [0.15, 0.2) is 0 Å². The number of aromatic nitrogens is 2. The average molecular weight is 170 g/mol. The molecular weight excluding hydrogens is 164 g/mol. The number of rotatable bonds is 0. The summed E-state index contributed by atoms with van der Waals surface area (Å²) in [5.41, 5.74) is 1.51. The van der Waals surface area contributed by atoms with Crippen molar-refractivity contribution in [3.05, 3.63) is 40.8 Å². The number of nitrogens with one attached hydrogen (secondary N) is 1. The smallest absolute Gasteiger partial charge is 0.204 e. The maximum Gasteiger partial charge on any atom is 0.204 e. The van der Waals surface area contributed by atoms with Crippen LogP contribution in [0.15, 0.2) is 35.4 Å². The van der Waals surface area contributed by atoms with Gasteiger partial charge in [-0.2, -0.15) is 0 Å². The van der Waals surface area contributed by atoms with E-state index in [1.165, 1.54) is 0 Å². The third-order valence-electron chi connectivity index (χ3n) is 2.26. The van der Waals surface area contributed by atoms with Crippen LogP contribution in [0.2, 0.25) is 0 Å². The monoisotopic (exact) mass is 170 g/mol. The molecule has 3 heteroatoms. The summed E-state index contributed by atoms with van der Waals surface area (Å²) >= 11 is 0. The van der Waals surface area contributed by atoms with Gasteiger partial charge in [-0.15, -0.1) is 0 Å². The van der Waals surface area contributed by atoms with E-state index in [9.17, 15) is 4.79 Å². The van der Waals surface area contributed by atoms with E-state index in [0.29, 0.717) is 5.52 Å². The van der Waals surface area contributed by atoms with Crippen molar-refractivity contribution in [2.24, 2.45) is 0 Å². The standard InChI is InChI=1S/C10H6N2O/c13-8-2-1-7-9-6(3-4-11-7)5-12-10(8)9/h1-5,11H. The van der Waals surface area contributed by atoms with E-state index in [0.717, 1.165) is 16.3 Å². The quantitative estimate of drug-likeness (QED) is 0.556. The summed E-state index contributed by atoms with van der Waals surface area (Å²) in [5.74, 6) is 0. The van der Waals surface area contributed by atoms with E-state index >= 15 is 0 Å². The van der Waals surface area contributed by atoms with Gasteiger partial charge in [0.05, 0.1) is 0 Å². The molecule has 3 aromatic rings. The van der Waals surface area contributed by atoms with Gasteiger partial charge in [-0.25, -0.2) is 0 Å². The maximum absolute atomic E-state index is 11.4. The zero-order valence-electron chi connectivity index (χ0n) is 6.74. The number of H-pyrrole nitrogens is 1. The summed E-state index contributed by atoms with van der Waals surface area (Å²) in [7, 11) is 0. The van der Waals surface area contributed by atoms with Crippen LogP contribution < -0.4 is 5.43 Å². The molecule has 1 N–H and O–H groups in total. The van der Waals surface area contributed by atoms with E-state index in [4.69, 9.17) is 0 Å². The lowest BCUT2D eigenvalue weighted by molar-refractivity contribution is 1.42. The molecule has 0 saturated heterocycles. The largest absolute Gasteiger partial charge is 0.361 e. The Kier molecular flexibility index (Phi) is 1.05. The van der Waals surface area contributed by atoms with Crippen molar-refractivity contribution in [3.63, 3.8) is 0 Å². The molecule has 2 heterocycles. The van der Waals surface area contributed by atoms with E-state index in [1.54, 1.807) is 18.3 Å². The number of hydrogen-bond acceptors (Lipinski definition) is 2. The predicted octanol–water partition coefficient (Wildman–Crippen LogP) is 1.51. The molecule has 0 saturated carbocycles. The zero-order chi connectivity index (χ0) is 8.84. The SMILES string of the molecule is O=c1ccc2[nH]ccc3cnc1c32. The van der Waals surface area contributed by atoms with Gasteiger partial charge in [-0.3, -0.25) is 9.78 Å². The molecule has 0 spiro atoms. The Hall–Kier alpha value is -1.90. The highest BCUT2D eigenvalue weighted by Gasteiger charge is 2.06. The molecule has 0 amide bonds. The van der Waals surface area contributed by atoms with Crippen molar-refractivity contribution in [2.45, 2.75) is 0 Å². The third-order valence-corrected chi connectivity index (χ3v) is 2.26. The normalized spacial score (nSPS) is 11.4. The fraction of sp³-hybridized carbons (Fsp3) is 0. The average Bonchev–Trinajstić information content (AvgIpc) is 2.57. The Bertz CT molecular complexity index is 627. The predicted molar refractivity (Wildman–Crippen MR) is 51.1 cm³/mol. The van der Waals surface area contributed by atoms with Crippen LogP contribution in [0.25, 0.3) is 21.8 Å². The molecular formula is C10H6N2O. The van der Waals surface area contributed by atoms with Gasteiger partial charge < -0.3 is 4.98 Å². The van der Waals surface area contributed by atoms with Gasteiger partial charge in [0.2, 0.25) is 5.43 Å². The lowest BCUT2D eigenvalue weighted by atomic mass is 10.1. The van der Waals surface area contributed by atoms with Crippen LogP contribution in [0.5, 0.6) is 0 Å². The number of benzene rings is 1. The molecule has 3 rings (SSSR count). The highest BCUT2D eigenvalue weighted by atomic mass is 16.1. The molecule has 0 aliphatic heterocycles. The highest BCUT2D eigenvalue weighted by Crippen LogP contribution is 2.21. The Morgan fingerprint density at radius 2 is 2.15 bits per heavy atom. The van der Waals surface area contributed by atoms with Crippen molar-refractivity contribution < 1.29 is 0 Å². The van der Waals surface area contributed by atoms with E-state index in [-0.39, 0.29) is 5.43 Å². The molecule has 62 valence electrons. The second kappa shape index (κ2) is 2.07. The summed E-state index contributed by atoms with van der Waals surface area (Å²) in [4.78, 5) is 18.5. The molecule has 0 fully saturated rings. The molecule has 0 aliphatic carbocycles. The first-order valence-electron chi connectivity index (χ1n) is 4.05. The van der Waals surface area contributed by atoms with Crippen LogP contribution in [-0.2, 0) is 0 Å². The van der Waals surface area contributed by atoms with Gasteiger partial charge in [0.1, 0.15) is 5.52 Å². The minimum atomic E-state index is -0.0119. The number of nitrogens with zero attached hydrogens (tertiary/aromatic N) is 1. The summed E-state index contributed by atoms with van der Waals surface area (Å²) in [6, 6.07) is 5.25. The van der Waals surface area contributed by atoms with Crippen molar-refractivity contribution >= 4 is 21.8 Å². The van der Waals surface area contributed by atoms with E-state index in [1.807, 2.05) is 12.3 Å². The fourth-order valence-corrected chi connectivity index (χ4v) is 1.66. The Labute approximate surface area is 73.4 Å². The molecule has 1 aromatic carbocycles. The van der Waals surface area contributed by atoms with Gasteiger partial charge in [0, 0.05) is 28.7 Å². The third kappa shape index (κ3) is 0.731. The molecule has 2 aromatic heterocycles. The Morgan fingerprint density at radius 1 is 1.23 bits per heavy atom. The topological polar surface area (TPSA) is 45.8 Å². The van der Waals surface area contributed by atoms with Gasteiger partial charge in [-0.05, 0) is 18.2 Å². The van der Waals surface area contributed by atoms with Crippen LogP contribution in [0.4, 0.5) is 0 Å². The molecule has 0 radical (unpaired) electrons. The van der Waals surface area contributed by atoms with Crippen LogP contribution in [0.1, 0.15) is 0 Å². The minimum absolute atomic E-state index is 0.0119. The zero-order valence-corrected chi connectivity index (χ0v) is 6.74. The lowest BCUT2D eigenvalue weighted by Gasteiger charge is -1.95. The van der Waals surface area contributed by atoms with Crippen LogP contribution in [-0.4, -0.2) is 9.97 Å². The Balaban J connectivity index is 2.81. The number of pyridine rings is 1. The van der Waals surface area contributed by atoms with Crippen molar-refractivity contribution in [1.29, 1.82) is 0 Å². The summed E-state index contributed by atoms with van der Waals surface area (Å²) < 4.78 is 0. The second-order valence-corrected chi connectivity index (χ2v) is 3.03. The van der Waals surface area contributed by atoms with Gasteiger partial charge >= 0.3 is 0 Å². The van der Waals surface area contributed by atoms with Crippen molar-refractivity contribution in [3.8, 4) is 0 Å². The van der Waals surface area contributed by atoms with Crippen LogP contribution >= 0.6 is 0 Å². The first-order valence-corrected chi connectivity index (χ1v) is 4.05.